The number of hydrogen-bond donors (Lipinski definition) is 2. The lowest BCUT2D eigenvalue weighted by molar-refractivity contribution is 0.0692. The number of carbonyl (C=O) groups is 1. The average Bonchev–Trinajstić information content (AvgIpc) is 2.56. The number of carbonyl (C=O) groups excluding carboxylic acids is 1. The Morgan fingerprint density at radius 1 is 1.22 bits per heavy atom. The van der Waals surface area contributed by atoms with E-state index in [0.717, 1.165) is 0 Å². The van der Waals surface area contributed by atoms with Gasteiger partial charge in [0.25, 0.3) is 5.91 Å². The van der Waals surface area contributed by atoms with Crippen molar-refractivity contribution in [1.82, 2.24) is 10.0 Å². The Hall–Kier alpha value is -1.74. The molecule has 2 N–H and O–H groups in total. The molecule has 1 amide bonds. The van der Waals surface area contributed by atoms with E-state index in [1.165, 1.54) is 30.3 Å². The van der Waals surface area contributed by atoms with Gasteiger partial charge in [0.05, 0.1) is 24.7 Å². The summed E-state index contributed by atoms with van der Waals surface area (Å²) in [6, 6.07) is 5.69. The Balaban J connectivity index is 2.49. The summed E-state index contributed by atoms with van der Waals surface area (Å²) >= 11 is 0. The highest BCUT2D eigenvalue weighted by atomic mass is 32.2. The van der Waals surface area contributed by atoms with Crippen LogP contribution in [0.3, 0.4) is 0 Å². The van der Waals surface area contributed by atoms with Gasteiger partial charge < -0.3 is 14.8 Å². The van der Waals surface area contributed by atoms with Crippen molar-refractivity contribution in [2.45, 2.75) is 4.90 Å². The van der Waals surface area contributed by atoms with E-state index in [-0.39, 0.29) is 17.3 Å². The van der Waals surface area contributed by atoms with Gasteiger partial charge in [-0.25, -0.2) is 13.1 Å². The number of sulfonamides is 1. The number of nitrogens with one attached hydrogen (secondary N) is 2. The van der Waals surface area contributed by atoms with E-state index >= 15 is 0 Å². The second-order valence-corrected chi connectivity index (χ2v) is 6.29. The van der Waals surface area contributed by atoms with Gasteiger partial charge in [0.2, 0.25) is 10.0 Å². The van der Waals surface area contributed by atoms with Crippen LogP contribution in [0.15, 0.2) is 41.8 Å². The van der Waals surface area contributed by atoms with Gasteiger partial charge in [-0.2, -0.15) is 0 Å². The molecule has 0 aliphatic rings. The third-order valence-corrected chi connectivity index (χ3v) is 4.25. The molecule has 8 heteroatoms. The predicted octanol–water partition coefficient (Wildman–Crippen LogP) is 0.544. The van der Waals surface area contributed by atoms with Crippen LogP contribution < -0.4 is 10.0 Å². The van der Waals surface area contributed by atoms with E-state index in [9.17, 15) is 13.2 Å². The maximum Gasteiger partial charge on any atom is 0.251 e. The predicted molar refractivity (Wildman–Crippen MR) is 86.9 cm³/mol. The molecule has 128 valence electrons. The van der Waals surface area contributed by atoms with Crippen molar-refractivity contribution in [3.8, 4) is 0 Å². The minimum Gasteiger partial charge on any atom is -0.382 e. The van der Waals surface area contributed by atoms with Crippen molar-refractivity contribution < 1.29 is 22.7 Å². The van der Waals surface area contributed by atoms with E-state index in [0.29, 0.717) is 31.9 Å². The number of rotatable bonds is 11. The first-order valence-corrected chi connectivity index (χ1v) is 8.55. The molecule has 23 heavy (non-hydrogen) atoms. The molecule has 0 bridgehead atoms. The summed E-state index contributed by atoms with van der Waals surface area (Å²) in [6.45, 7) is 5.32. The molecule has 0 aromatic heterocycles. The largest absolute Gasteiger partial charge is 0.382 e. The molecule has 0 heterocycles. The van der Waals surface area contributed by atoms with Crippen LogP contribution in [0.2, 0.25) is 0 Å². The first-order valence-electron chi connectivity index (χ1n) is 7.06. The topological polar surface area (TPSA) is 93.7 Å². The van der Waals surface area contributed by atoms with Gasteiger partial charge in [0.15, 0.2) is 0 Å². The van der Waals surface area contributed by atoms with E-state index < -0.39 is 10.0 Å². The highest BCUT2D eigenvalue weighted by Gasteiger charge is 2.13. The summed E-state index contributed by atoms with van der Waals surface area (Å²) in [4.78, 5) is 12.0. The molecule has 0 saturated heterocycles. The van der Waals surface area contributed by atoms with E-state index in [2.05, 4.69) is 16.6 Å². The first-order chi connectivity index (χ1) is 11.0. The third kappa shape index (κ3) is 6.91. The van der Waals surface area contributed by atoms with Gasteiger partial charge in [-0.3, -0.25) is 4.79 Å². The average molecular weight is 342 g/mol. The smallest absolute Gasteiger partial charge is 0.251 e. The lowest BCUT2D eigenvalue weighted by Gasteiger charge is -2.08. The molecular weight excluding hydrogens is 320 g/mol. The number of ether oxygens (including phenoxy) is 2. The van der Waals surface area contributed by atoms with Crippen molar-refractivity contribution in [1.29, 1.82) is 0 Å². The zero-order chi connectivity index (χ0) is 17.1. The highest BCUT2D eigenvalue weighted by Crippen LogP contribution is 2.10. The normalized spacial score (nSPS) is 11.2. The summed E-state index contributed by atoms with van der Waals surface area (Å²) in [7, 11) is -1.99. The van der Waals surface area contributed by atoms with Gasteiger partial charge in [0, 0.05) is 25.8 Å². The molecule has 1 rings (SSSR count). The van der Waals surface area contributed by atoms with Crippen LogP contribution in [-0.2, 0) is 19.5 Å². The van der Waals surface area contributed by atoms with Gasteiger partial charge in [-0.05, 0) is 24.3 Å². The van der Waals surface area contributed by atoms with Crippen LogP contribution >= 0.6 is 0 Å². The maximum atomic E-state index is 11.9. The summed E-state index contributed by atoms with van der Waals surface area (Å²) in [5.74, 6) is -0.289. The van der Waals surface area contributed by atoms with Crippen LogP contribution in [0.25, 0.3) is 0 Å². The molecule has 0 unspecified atom stereocenters. The number of hydrogen-bond acceptors (Lipinski definition) is 5. The SMILES string of the molecule is C=CCNS(=O)(=O)c1ccc(C(=O)NCCOCCOC)cc1. The monoisotopic (exact) mass is 342 g/mol. The van der Waals surface area contributed by atoms with Crippen LogP contribution in [0.5, 0.6) is 0 Å². The van der Waals surface area contributed by atoms with E-state index in [1.54, 1.807) is 7.11 Å². The molecule has 0 aliphatic heterocycles. The van der Waals surface area contributed by atoms with Crippen LogP contribution in [0, 0.1) is 0 Å². The summed E-state index contributed by atoms with van der Waals surface area (Å²) in [5, 5.41) is 2.69. The zero-order valence-electron chi connectivity index (χ0n) is 13.1. The van der Waals surface area contributed by atoms with Crippen LogP contribution in [-0.4, -0.2) is 54.3 Å². The molecule has 7 nitrogen and oxygen atoms in total. The zero-order valence-corrected chi connectivity index (χ0v) is 13.9. The molecule has 0 spiro atoms. The van der Waals surface area contributed by atoms with Gasteiger partial charge in [0.1, 0.15) is 0 Å². The quantitative estimate of drug-likeness (QED) is 0.452. The van der Waals surface area contributed by atoms with E-state index in [4.69, 9.17) is 9.47 Å². The fourth-order valence-electron chi connectivity index (χ4n) is 1.62. The summed E-state index contributed by atoms with van der Waals surface area (Å²) in [5.41, 5.74) is 0.379. The fourth-order valence-corrected chi connectivity index (χ4v) is 2.62. The third-order valence-electron chi connectivity index (χ3n) is 2.81. The molecular formula is C15H22N2O5S. The van der Waals surface area contributed by atoms with Crippen molar-refractivity contribution >= 4 is 15.9 Å². The maximum absolute atomic E-state index is 11.9. The lowest BCUT2D eigenvalue weighted by atomic mass is 10.2. The fraction of sp³-hybridized carbons (Fsp3) is 0.400. The molecule has 0 aliphatic carbocycles. The minimum atomic E-state index is -3.58. The van der Waals surface area contributed by atoms with Crippen molar-refractivity contribution in [2.24, 2.45) is 0 Å². The Morgan fingerprint density at radius 2 is 1.91 bits per heavy atom. The summed E-state index contributed by atoms with van der Waals surface area (Å²) in [6.07, 6.45) is 1.45. The van der Waals surface area contributed by atoms with E-state index in [1.807, 2.05) is 0 Å². The van der Waals surface area contributed by atoms with Gasteiger partial charge in [-0.15, -0.1) is 6.58 Å². The van der Waals surface area contributed by atoms with Gasteiger partial charge >= 0.3 is 0 Å². The van der Waals surface area contributed by atoms with Crippen LogP contribution in [0.1, 0.15) is 10.4 Å². The molecule has 1 aromatic carbocycles. The molecule has 1 aromatic rings. The second kappa shape index (κ2) is 10.1. The Kier molecular flexibility index (Phi) is 8.49. The lowest BCUT2D eigenvalue weighted by Crippen LogP contribution is -2.28. The number of amides is 1. The standard InChI is InChI=1S/C15H22N2O5S/c1-3-8-17-23(19,20)14-6-4-13(5-7-14)15(18)16-9-10-22-12-11-21-2/h3-7,17H,1,8-12H2,2H3,(H,16,18). The Morgan fingerprint density at radius 3 is 2.52 bits per heavy atom. The number of benzene rings is 1. The van der Waals surface area contributed by atoms with Crippen molar-refractivity contribution in [3.05, 3.63) is 42.5 Å². The van der Waals surface area contributed by atoms with Crippen molar-refractivity contribution in [3.63, 3.8) is 0 Å². The summed E-state index contributed by atoms with van der Waals surface area (Å²) < 4.78 is 36.2. The van der Waals surface area contributed by atoms with Crippen LogP contribution in [0.4, 0.5) is 0 Å². The molecule has 0 fully saturated rings. The molecule has 0 saturated carbocycles. The minimum absolute atomic E-state index is 0.0961. The molecule has 0 radical (unpaired) electrons. The Bertz CT molecular complexity index is 599. The Labute approximate surface area is 136 Å². The van der Waals surface area contributed by atoms with Gasteiger partial charge in [-0.1, -0.05) is 6.08 Å². The number of methoxy groups -OCH3 is 1. The highest BCUT2D eigenvalue weighted by molar-refractivity contribution is 7.89. The second-order valence-electron chi connectivity index (χ2n) is 4.53. The van der Waals surface area contributed by atoms with Crippen molar-refractivity contribution in [2.75, 3.05) is 40.0 Å². The molecule has 0 atom stereocenters. The first kappa shape index (κ1) is 19.3.